The summed E-state index contributed by atoms with van der Waals surface area (Å²) < 4.78 is 7.21. The molecule has 6 nitrogen and oxygen atoms in total. The van der Waals surface area contributed by atoms with Crippen molar-refractivity contribution in [2.24, 2.45) is 7.05 Å². The standard InChI is InChI=1S/C21H23N3O3/c1-21(2,3)27-20(26)22-15-10-8-14(9-11-15)19(25)23-17-6-5-7-18-16(17)12-13-24(18)4/h5-13H,1-4H3,(H,22,26)(H,23,25). The summed E-state index contributed by atoms with van der Waals surface area (Å²) >= 11 is 0. The lowest BCUT2D eigenvalue weighted by atomic mass is 10.1. The molecule has 0 bridgehead atoms. The van der Waals surface area contributed by atoms with E-state index in [4.69, 9.17) is 4.74 Å². The Morgan fingerprint density at radius 1 is 0.963 bits per heavy atom. The minimum absolute atomic E-state index is 0.213. The number of ether oxygens (including phenoxy) is 1. The first kappa shape index (κ1) is 18.5. The first-order chi connectivity index (χ1) is 12.7. The molecule has 0 aliphatic carbocycles. The van der Waals surface area contributed by atoms with Crippen molar-refractivity contribution < 1.29 is 14.3 Å². The number of hydrogen-bond acceptors (Lipinski definition) is 3. The smallest absolute Gasteiger partial charge is 0.412 e. The Morgan fingerprint density at radius 2 is 1.67 bits per heavy atom. The second-order valence-electron chi connectivity index (χ2n) is 7.32. The van der Waals surface area contributed by atoms with Gasteiger partial charge in [-0.25, -0.2) is 4.79 Å². The number of aromatic nitrogens is 1. The van der Waals surface area contributed by atoms with Gasteiger partial charge in [-0.1, -0.05) is 6.07 Å². The molecule has 1 aromatic heterocycles. The van der Waals surface area contributed by atoms with Gasteiger partial charge >= 0.3 is 6.09 Å². The average Bonchev–Trinajstić information content (AvgIpc) is 2.96. The largest absolute Gasteiger partial charge is 0.444 e. The number of nitrogens with one attached hydrogen (secondary N) is 2. The summed E-state index contributed by atoms with van der Waals surface area (Å²) in [4.78, 5) is 24.4. The van der Waals surface area contributed by atoms with Crippen LogP contribution in [0.25, 0.3) is 10.9 Å². The molecular formula is C21H23N3O3. The number of fused-ring (bicyclic) bond motifs is 1. The molecule has 0 unspecified atom stereocenters. The Bertz CT molecular complexity index is 982. The van der Waals surface area contributed by atoms with Crippen LogP contribution in [0.5, 0.6) is 0 Å². The summed E-state index contributed by atoms with van der Waals surface area (Å²) in [6.45, 7) is 5.40. The number of benzene rings is 2. The van der Waals surface area contributed by atoms with Gasteiger partial charge in [0, 0.05) is 35.4 Å². The average molecular weight is 365 g/mol. The maximum Gasteiger partial charge on any atom is 0.412 e. The van der Waals surface area contributed by atoms with Gasteiger partial charge in [0.25, 0.3) is 5.91 Å². The van der Waals surface area contributed by atoms with Crippen LogP contribution in [0.3, 0.4) is 0 Å². The van der Waals surface area contributed by atoms with Crippen molar-refractivity contribution in [3.63, 3.8) is 0 Å². The fourth-order valence-electron chi connectivity index (χ4n) is 2.73. The van der Waals surface area contributed by atoms with E-state index in [1.165, 1.54) is 0 Å². The zero-order chi connectivity index (χ0) is 19.6. The van der Waals surface area contributed by atoms with Crippen LogP contribution in [0, 0.1) is 0 Å². The lowest BCUT2D eigenvalue weighted by Crippen LogP contribution is -2.27. The predicted octanol–water partition coefficient (Wildman–Crippen LogP) is 4.78. The molecule has 0 atom stereocenters. The minimum Gasteiger partial charge on any atom is -0.444 e. The normalized spacial score (nSPS) is 11.3. The van der Waals surface area contributed by atoms with Gasteiger partial charge in [-0.05, 0) is 63.2 Å². The van der Waals surface area contributed by atoms with Crippen molar-refractivity contribution in [3.05, 3.63) is 60.3 Å². The fourth-order valence-corrected chi connectivity index (χ4v) is 2.73. The van der Waals surface area contributed by atoms with E-state index < -0.39 is 11.7 Å². The molecule has 0 saturated heterocycles. The summed E-state index contributed by atoms with van der Waals surface area (Å²) in [5.41, 5.74) is 2.30. The molecule has 2 aromatic carbocycles. The SMILES string of the molecule is Cn1ccc2c(NC(=O)c3ccc(NC(=O)OC(C)(C)C)cc3)cccc21. The molecule has 0 saturated carbocycles. The number of amides is 2. The van der Waals surface area contributed by atoms with Gasteiger partial charge in [-0.3, -0.25) is 10.1 Å². The Kier molecular flexibility index (Phi) is 4.90. The van der Waals surface area contributed by atoms with E-state index in [0.29, 0.717) is 11.3 Å². The zero-order valence-corrected chi connectivity index (χ0v) is 15.9. The first-order valence-corrected chi connectivity index (χ1v) is 8.68. The summed E-state index contributed by atoms with van der Waals surface area (Å²) in [5, 5.41) is 6.57. The number of nitrogens with zero attached hydrogens (tertiary/aromatic N) is 1. The van der Waals surface area contributed by atoms with Gasteiger partial charge in [-0.15, -0.1) is 0 Å². The number of anilines is 2. The van der Waals surface area contributed by atoms with Crippen LogP contribution in [0.4, 0.5) is 16.2 Å². The van der Waals surface area contributed by atoms with Crippen molar-refractivity contribution in [1.29, 1.82) is 0 Å². The maximum atomic E-state index is 12.6. The Hall–Kier alpha value is -3.28. The molecule has 3 aromatic rings. The Morgan fingerprint density at radius 3 is 2.33 bits per heavy atom. The minimum atomic E-state index is -0.567. The molecule has 1 heterocycles. The Balaban J connectivity index is 1.69. The molecule has 0 fully saturated rings. The maximum absolute atomic E-state index is 12.6. The predicted molar refractivity (Wildman–Crippen MR) is 107 cm³/mol. The van der Waals surface area contributed by atoms with Gasteiger partial charge in [-0.2, -0.15) is 0 Å². The van der Waals surface area contributed by atoms with Gasteiger partial charge in [0.2, 0.25) is 0 Å². The van der Waals surface area contributed by atoms with Crippen LogP contribution in [0.15, 0.2) is 54.7 Å². The third-order valence-electron chi connectivity index (χ3n) is 3.97. The third-order valence-corrected chi connectivity index (χ3v) is 3.97. The highest BCUT2D eigenvalue weighted by Crippen LogP contribution is 2.24. The van der Waals surface area contributed by atoms with E-state index in [1.54, 1.807) is 45.0 Å². The van der Waals surface area contributed by atoms with Crippen molar-refractivity contribution in [3.8, 4) is 0 Å². The summed E-state index contributed by atoms with van der Waals surface area (Å²) in [6, 6.07) is 14.4. The molecular weight excluding hydrogens is 342 g/mol. The molecule has 0 aliphatic heterocycles. The molecule has 0 spiro atoms. The number of aryl methyl sites for hydroxylation is 1. The molecule has 140 valence electrons. The number of rotatable bonds is 3. The van der Waals surface area contributed by atoms with E-state index in [9.17, 15) is 9.59 Å². The molecule has 6 heteroatoms. The first-order valence-electron chi connectivity index (χ1n) is 8.68. The second kappa shape index (κ2) is 7.15. The van der Waals surface area contributed by atoms with Gasteiger partial charge < -0.3 is 14.6 Å². The molecule has 0 aliphatic rings. The van der Waals surface area contributed by atoms with Gasteiger partial charge in [0.15, 0.2) is 0 Å². The number of hydrogen-bond donors (Lipinski definition) is 2. The quantitative estimate of drug-likeness (QED) is 0.702. The van der Waals surface area contributed by atoms with Crippen molar-refractivity contribution in [1.82, 2.24) is 4.57 Å². The van der Waals surface area contributed by atoms with Crippen LogP contribution in [0.1, 0.15) is 31.1 Å². The summed E-state index contributed by atoms with van der Waals surface area (Å²) in [6.07, 6.45) is 1.42. The van der Waals surface area contributed by atoms with E-state index in [1.807, 2.05) is 42.1 Å². The monoisotopic (exact) mass is 365 g/mol. The van der Waals surface area contributed by atoms with Gasteiger partial charge in [0.05, 0.1) is 5.69 Å². The van der Waals surface area contributed by atoms with Crippen LogP contribution < -0.4 is 10.6 Å². The molecule has 27 heavy (non-hydrogen) atoms. The number of carbonyl (C=O) groups excluding carboxylic acids is 2. The molecule has 3 rings (SSSR count). The van der Waals surface area contributed by atoms with Crippen LogP contribution >= 0.6 is 0 Å². The van der Waals surface area contributed by atoms with Crippen LogP contribution in [0.2, 0.25) is 0 Å². The van der Waals surface area contributed by atoms with E-state index in [0.717, 1.165) is 16.6 Å². The van der Waals surface area contributed by atoms with Gasteiger partial charge in [0.1, 0.15) is 5.60 Å². The lowest BCUT2D eigenvalue weighted by molar-refractivity contribution is 0.0636. The Labute approximate surface area is 158 Å². The zero-order valence-electron chi connectivity index (χ0n) is 15.9. The molecule has 2 N–H and O–H groups in total. The highest BCUT2D eigenvalue weighted by molar-refractivity contribution is 6.09. The van der Waals surface area contributed by atoms with Crippen LogP contribution in [-0.2, 0) is 11.8 Å². The summed E-state index contributed by atoms with van der Waals surface area (Å²) in [5.74, 6) is -0.213. The van der Waals surface area contributed by atoms with Crippen molar-refractivity contribution in [2.45, 2.75) is 26.4 Å². The highest BCUT2D eigenvalue weighted by Gasteiger charge is 2.16. The number of carbonyl (C=O) groups is 2. The fraction of sp³-hybridized carbons (Fsp3) is 0.238. The molecule has 2 amide bonds. The van der Waals surface area contributed by atoms with Crippen LogP contribution in [-0.4, -0.2) is 22.2 Å². The van der Waals surface area contributed by atoms with E-state index >= 15 is 0 Å². The summed E-state index contributed by atoms with van der Waals surface area (Å²) in [7, 11) is 1.96. The lowest BCUT2D eigenvalue weighted by Gasteiger charge is -2.19. The van der Waals surface area contributed by atoms with E-state index in [-0.39, 0.29) is 5.91 Å². The topological polar surface area (TPSA) is 72.4 Å². The highest BCUT2D eigenvalue weighted by atomic mass is 16.6. The second-order valence-corrected chi connectivity index (χ2v) is 7.32. The van der Waals surface area contributed by atoms with E-state index in [2.05, 4.69) is 10.6 Å². The molecule has 0 radical (unpaired) electrons. The van der Waals surface area contributed by atoms with Crippen molar-refractivity contribution in [2.75, 3.05) is 10.6 Å². The third kappa shape index (κ3) is 4.47. The van der Waals surface area contributed by atoms with Crippen molar-refractivity contribution >= 4 is 34.3 Å².